The SMILES string of the molecule is COc1c(C)ccc([B-](F)(F)F)c1F.[K+]. The number of benzene rings is 1. The first kappa shape index (κ1) is 15.4. The fourth-order valence-electron chi connectivity index (χ4n) is 1.17. The third kappa shape index (κ3) is 3.45. The van der Waals surface area contributed by atoms with Crippen LogP contribution in [0.25, 0.3) is 0 Å². The molecule has 1 nitrogen and oxygen atoms in total. The number of halogens is 4. The van der Waals surface area contributed by atoms with Gasteiger partial charge in [-0.25, -0.2) is 4.39 Å². The van der Waals surface area contributed by atoms with Crippen LogP contribution in [-0.2, 0) is 0 Å². The summed E-state index contributed by atoms with van der Waals surface area (Å²) in [5, 5.41) is 0. The van der Waals surface area contributed by atoms with E-state index in [1.807, 2.05) is 0 Å². The van der Waals surface area contributed by atoms with Gasteiger partial charge in [0, 0.05) is 0 Å². The Kier molecular flexibility index (Phi) is 5.84. The van der Waals surface area contributed by atoms with Crippen LogP contribution in [-0.4, -0.2) is 14.1 Å². The minimum Gasteiger partial charge on any atom is -0.494 e. The first-order chi connectivity index (χ1) is 6.38. The molecule has 7 heteroatoms. The van der Waals surface area contributed by atoms with Gasteiger partial charge in [0.25, 0.3) is 0 Å². The molecule has 0 spiro atoms. The van der Waals surface area contributed by atoms with E-state index in [1.165, 1.54) is 13.0 Å². The predicted molar refractivity (Wildman–Crippen MR) is 46.4 cm³/mol. The van der Waals surface area contributed by atoms with Gasteiger partial charge in [0.15, 0.2) is 5.75 Å². The van der Waals surface area contributed by atoms with Crippen LogP contribution in [0.2, 0.25) is 0 Å². The van der Waals surface area contributed by atoms with Crippen molar-refractivity contribution in [2.24, 2.45) is 0 Å². The molecule has 0 aliphatic heterocycles. The normalized spacial score (nSPS) is 10.8. The summed E-state index contributed by atoms with van der Waals surface area (Å²) in [6.45, 7) is -3.84. The number of aryl methyl sites for hydroxylation is 1. The molecule has 0 aliphatic carbocycles. The molecular weight excluding hydrogens is 238 g/mol. The van der Waals surface area contributed by atoms with E-state index in [2.05, 4.69) is 4.74 Å². The number of hydrogen-bond donors (Lipinski definition) is 0. The van der Waals surface area contributed by atoms with E-state index >= 15 is 0 Å². The van der Waals surface area contributed by atoms with Crippen molar-refractivity contribution in [3.63, 3.8) is 0 Å². The smallest absolute Gasteiger partial charge is 0.494 e. The first-order valence-corrected chi connectivity index (χ1v) is 3.91. The molecule has 0 saturated heterocycles. The maximum Gasteiger partial charge on any atom is 1.00 e. The Morgan fingerprint density at radius 1 is 1.20 bits per heavy atom. The zero-order valence-corrected chi connectivity index (χ0v) is 11.8. The minimum atomic E-state index is -5.33. The maximum absolute atomic E-state index is 13.2. The van der Waals surface area contributed by atoms with Crippen molar-refractivity contribution in [3.8, 4) is 5.75 Å². The van der Waals surface area contributed by atoms with E-state index in [-0.39, 0.29) is 57.1 Å². The standard InChI is InChI=1S/C8H8BF4O.K/c1-5-3-4-6(9(11,12)13)7(10)8(5)14-2;/h3-4H,1-2H3;/q-1;+1. The van der Waals surface area contributed by atoms with E-state index in [9.17, 15) is 17.3 Å². The molecule has 0 bridgehead atoms. The summed E-state index contributed by atoms with van der Waals surface area (Å²) in [6, 6.07) is 1.92. The second kappa shape index (κ2) is 5.68. The van der Waals surface area contributed by atoms with Crippen molar-refractivity contribution in [1.82, 2.24) is 0 Å². The molecule has 0 aliphatic rings. The predicted octanol–water partition coefficient (Wildman–Crippen LogP) is -0.799. The molecule has 0 amide bonds. The van der Waals surface area contributed by atoms with Crippen molar-refractivity contribution < 1.29 is 73.5 Å². The molecule has 15 heavy (non-hydrogen) atoms. The van der Waals surface area contributed by atoms with Gasteiger partial charge in [-0.05, 0) is 12.5 Å². The van der Waals surface area contributed by atoms with E-state index in [4.69, 9.17) is 0 Å². The third-order valence-corrected chi connectivity index (χ3v) is 1.88. The van der Waals surface area contributed by atoms with Crippen LogP contribution >= 0.6 is 0 Å². The second-order valence-electron chi connectivity index (χ2n) is 2.89. The molecular formula is C8H8BF4KO. The van der Waals surface area contributed by atoms with Crippen LogP contribution in [0.15, 0.2) is 12.1 Å². The summed E-state index contributed by atoms with van der Waals surface area (Å²) in [4.78, 5) is 0. The van der Waals surface area contributed by atoms with Crippen molar-refractivity contribution in [2.45, 2.75) is 6.92 Å². The zero-order chi connectivity index (χ0) is 10.9. The van der Waals surface area contributed by atoms with Gasteiger partial charge in [-0.2, -0.15) is 0 Å². The van der Waals surface area contributed by atoms with E-state index in [0.29, 0.717) is 5.56 Å². The molecule has 0 fully saturated rings. The van der Waals surface area contributed by atoms with E-state index < -0.39 is 18.3 Å². The molecule has 78 valence electrons. The van der Waals surface area contributed by atoms with Crippen molar-refractivity contribution in [1.29, 1.82) is 0 Å². The summed E-state index contributed by atoms with van der Waals surface area (Å²) in [5.74, 6) is -1.68. The zero-order valence-electron chi connectivity index (χ0n) is 8.65. The van der Waals surface area contributed by atoms with Crippen LogP contribution in [0.3, 0.4) is 0 Å². The van der Waals surface area contributed by atoms with E-state index in [0.717, 1.165) is 13.2 Å². The van der Waals surface area contributed by atoms with Crippen LogP contribution in [0, 0.1) is 12.7 Å². The van der Waals surface area contributed by atoms with Gasteiger partial charge in [0.1, 0.15) is 5.82 Å². The minimum absolute atomic E-state index is 0. The van der Waals surface area contributed by atoms with Gasteiger partial charge in [-0.15, -0.1) is 0 Å². The molecule has 0 heterocycles. The molecule has 0 radical (unpaired) electrons. The summed E-state index contributed by atoms with van der Waals surface area (Å²) in [7, 11) is 1.14. The molecule has 1 rings (SSSR count). The van der Waals surface area contributed by atoms with Gasteiger partial charge in [0.05, 0.1) is 7.11 Å². The van der Waals surface area contributed by atoms with Crippen LogP contribution in [0.1, 0.15) is 5.56 Å². The quantitative estimate of drug-likeness (QED) is 0.490. The van der Waals surface area contributed by atoms with Crippen LogP contribution in [0.5, 0.6) is 5.75 Å². The Morgan fingerprint density at radius 3 is 2.13 bits per heavy atom. The molecule has 0 N–H and O–H groups in total. The van der Waals surface area contributed by atoms with Crippen molar-refractivity contribution in [2.75, 3.05) is 7.11 Å². The van der Waals surface area contributed by atoms with Gasteiger partial charge >= 0.3 is 58.4 Å². The Morgan fingerprint density at radius 2 is 1.73 bits per heavy atom. The molecule has 0 saturated carbocycles. The average molecular weight is 246 g/mol. The maximum atomic E-state index is 13.2. The number of methoxy groups -OCH3 is 1. The fourth-order valence-corrected chi connectivity index (χ4v) is 1.17. The summed E-state index contributed by atoms with van der Waals surface area (Å²) < 4.78 is 54.5. The van der Waals surface area contributed by atoms with Gasteiger partial charge < -0.3 is 17.7 Å². The molecule has 1 aromatic carbocycles. The monoisotopic (exact) mass is 246 g/mol. The first-order valence-electron chi connectivity index (χ1n) is 3.91. The third-order valence-electron chi connectivity index (χ3n) is 1.88. The van der Waals surface area contributed by atoms with Crippen molar-refractivity contribution in [3.05, 3.63) is 23.5 Å². The largest absolute Gasteiger partial charge is 1.00 e. The number of ether oxygens (including phenoxy) is 1. The molecule has 0 atom stereocenters. The van der Waals surface area contributed by atoms with Crippen LogP contribution in [0.4, 0.5) is 17.3 Å². The molecule has 0 unspecified atom stereocenters. The van der Waals surface area contributed by atoms with Gasteiger partial charge in [-0.3, -0.25) is 0 Å². The van der Waals surface area contributed by atoms with Crippen LogP contribution < -0.4 is 61.6 Å². The summed E-state index contributed by atoms with van der Waals surface area (Å²) >= 11 is 0. The van der Waals surface area contributed by atoms with E-state index in [1.54, 1.807) is 0 Å². The second-order valence-corrected chi connectivity index (χ2v) is 2.89. The Hall–Kier alpha value is 0.441. The number of hydrogen-bond acceptors (Lipinski definition) is 1. The fraction of sp³-hybridized carbons (Fsp3) is 0.250. The summed E-state index contributed by atoms with van der Waals surface area (Å²) in [6.07, 6.45) is 0. The molecule has 1 aromatic rings. The Labute approximate surface area is 128 Å². The van der Waals surface area contributed by atoms with Gasteiger partial charge in [-0.1, -0.05) is 17.6 Å². The topological polar surface area (TPSA) is 9.23 Å². The van der Waals surface area contributed by atoms with Crippen molar-refractivity contribution >= 4 is 12.4 Å². The Balaban J connectivity index is 0.00000196. The average Bonchev–Trinajstić information content (AvgIpc) is 2.02. The number of rotatable bonds is 2. The summed E-state index contributed by atoms with van der Waals surface area (Å²) in [5.41, 5.74) is -0.902. The Bertz CT molecular complexity index is 353. The molecule has 0 aromatic heterocycles. The van der Waals surface area contributed by atoms with Gasteiger partial charge in [0.2, 0.25) is 0 Å².